The Balaban J connectivity index is 1.93. The molecule has 8 heteroatoms. The summed E-state index contributed by atoms with van der Waals surface area (Å²) in [5.74, 6) is -0.108. The van der Waals surface area contributed by atoms with Gasteiger partial charge in [-0.05, 0) is 31.9 Å². The van der Waals surface area contributed by atoms with E-state index in [1.165, 1.54) is 6.07 Å². The number of aliphatic imine (C=N–C) groups is 1. The molecule has 1 aliphatic rings. The van der Waals surface area contributed by atoms with E-state index >= 15 is 0 Å². The zero-order valence-electron chi connectivity index (χ0n) is 15.0. The summed E-state index contributed by atoms with van der Waals surface area (Å²) in [4.78, 5) is 17.5. The molecule has 1 heterocycles. The maximum Gasteiger partial charge on any atom is 0.231 e. The fourth-order valence-corrected chi connectivity index (χ4v) is 2.88. The molecular formula is C18H25FN6O. The number of hydrogen-bond donors (Lipinski definition) is 3. The third-order valence-corrected chi connectivity index (χ3v) is 4.24. The fraction of sp³-hybridized carbons (Fsp3) is 0.500. The monoisotopic (exact) mass is 360 g/mol. The van der Waals surface area contributed by atoms with Crippen LogP contribution in [0.4, 0.5) is 4.39 Å². The largest absolute Gasteiger partial charge is 0.369 e. The smallest absolute Gasteiger partial charge is 0.231 e. The summed E-state index contributed by atoms with van der Waals surface area (Å²) in [6.07, 6.45) is 1.76. The second-order valence-electron chi connectivity index (χ2n) is 6.27. The number of nitrogens with one attached hydrogen (secondary N) is 2. The van der Waals surface area contributed by atoms with Crippen molar-refractivity contribution in [3.05, 3.63) is 35.1 Å². The quantitative estimate of drug-likeness (QED) is 0.511. The molecule has 1 aliphatic heterocycles. The first-order valence-electron chi connectivity index (χ1n) is 8.75. The van der Waals surface area contributed by atoms with Gasteiger partial charge in [-0.15, -0.1) is 0 Å². The molecule has 0 radical (unpaired) electrons. The van der Waals surface area contributed by atoms with E-state index in [2.05, 4.69) is 15.6 Å². The average molecular weight is 360 g/mol. The number of primary amides is 1. The minimum atomic E-state index is -0.427. The highest BCUT2D eigenvalue weighted by atomic mass is 19.1. The third-order valence-electron chi connectivity index (χ3n) is 4.24. The first-order chi connectivity index (χ1) is 12.5. The van der Waals surface area contributed by atoms with Gasteiger partial charge in [-0.3, -0.25) is 9.69 Å². The number of hydrogen-bond acceptors (Lipinski definition) is 4. The Morgan fingerprint density at radius 1 is 1.46 bits per heavy atom. The van der Waals surface area contributed by atoms with E-state index in [4.69, 9.17) is 11.0 Å². The summed E-state index contributed by atoms with van der Waals surface area (Å²) in [7, 11) is 0. The second-order valence-corrected chi connectivity index (χ2v) is 6.27. The molecule has 0 unspecified atom stereocenters. The van der Waals surface area contributed by atoms with E-state index in [-0.39, 0.29) is 18.5 Å². The fourth-order valence-electron chi connectivity index (χ4n) is 2.88. The van der Waals surface area contributed by atoms with Crippen molar-refractivity contribution in [2.45, 2.75) is 32.4 Å². The van der Waals surface area contributed by atoms with Crippen molar-refractivity contribution in [3.8, 4) is 6.07 Å². The zero-order valence-corrected chi connectivity index (χ0v) is 15.0. The van der Waals surface area contributed by atoms with Gasteiger partial charge < -0.3 is 16.4 Å². The number of rotatable bonds is 6. The predicted octanol–water partition coefficient (Wildman–Crippen LogP) is 0.702. The molecule has 0 spiro atoms. The van der Waals surface area contributed by atoms with Crippen LogP contribution in [0.1, 0.15) is 30.9 Å². The summed E-state index contributed by atoms with van der Waals surface area (Å²) in [6.45, 7) is 4.73. The van der Waals surface area contributed by atoms with Crippen LogP contribution in [0.3, 0.4) is 0 Å². The van der Waals surface area contributed by atoms with E-state index in [1.54, 1.807) is 12.1 Å². The van der Waals surface area contributed by atoms with Gasteiger partial charge in [-0.2, -0.15) is 5.26 Å². The molecule has 1 saturated heterocycles. The molecule has 0 aliphatic carbocycles. The van der Waals surface area contributed by atoms with Gasteiger partial charge in [-0.25, -0.2) is 9.38 Å². The van der Waals surface area contributed by atoms with E-state index < -0.39 is 5.82 Å². The molecule has 140 valence electrons. The molecule has 1 aromatic carbocycles. The number of nitriles is 1. The van der Waals surface area contributed by atoms with Crippen LogP contribution < -0.4 is 16.4 Å². The lowest BCUT2D eigenvalue weighted by atomic mass is 10.1. The minimum Gasteiger partial charge on any atom is -0.369 e. The summed E-state index contributed by atoms with van der Waals surface area (Å²) in [5.41, 5.74) is 5.97. The van der Waals surface area contributed by atoms with Crippen molar-refractivity contribution in [2.24, 2.45) is 10.7 Å². The van der Waals surface area contributed by atoms with E-state index in [0.717, 1.165) is 25.9 Å². The van der Waals surface area contributed by atoms with Crippen LogP contribution in [0.5, 0.6) is 0 Å². The first kappa shape index (κ1) is 19.7. The number of nitrogens with two attached hydrogens (primary N) is 1. The molecule has 4 N–H and O–H groups in total. The van der Waals surface area contributed by atoms with Gasteiger partial charge in [0, 0.05) is 31.2 Å². The van der Waals surface area contributed by atoms with Crippen molar-refractivity contribution in [2.75, 3.05) is 26.2 Å². The molecule has 26 heavy (non-hydrogen) atoms. The van der Waals surface area contributed by atoms with Gasteiger partial charge in [0.05, 0.1) is 24.7 Å². The van der Waals surface area contributed by atoms with Gasteiger partial charge in [0.1, 0.15) is 5.82 Å². The third kappa shape index (κ3) is 6.01. The molecule has 0 bridgehead atoms. The Morgan fingerprint density at radius 3 is 2.77 bits per heavy atom. The van der Waals surface area contributed by atoms with Crippen LogP contribution in [0, 0.1) is 17.1 Å². The molecule has 1 fully saturated rings. The maximum atomic E-state index is 14.0. The standard InChI is InChI=1S/C18H25FN6O/c1-2-22-18(23-11-14-4-3-13(10-20)9-16(14)19)24-15-5-7-25(8-6-15)12-17(21)26/h3-4,9,15H,2,5-8,11-12H2,1H3,(H2,21,26)(H2,22,23,24). The van der Waals surface area contributed by atoms with Crippen molar-refractivity contribution in [1.82, 2.24) is 15.5 Å². The minimum absolute atomic E-state index is 0.188. The Morgan fingerprint density at radius 2 is 2.19 bits per heavy atom. The van der Waals surface area contributed by atoms with Gasteiger partial charge >= 0.3 is 0 Å². The highest BCUT2D eigenvalue weighted by Crippen LogP contribution is 2.12. The topological polar surface area (TPSA) is 107 Å². The molecule has 1 aromatic rings. The zero-order chi connectivity index (χ0) is 18.9. The lowest BCUT2D eigenvalue weighted by molar-refractivity contribution is -0.119. The van der Waals surface area contributed by atoms with Gasteiger partial charge in [0.25, 0.3) is 0 Å². The summed E-state index contributed by atoms with van der Waals surface area (Å²) >= 11 is 0. The number of likely N-dealkylation sites (tertiary alicyclic amines) is 1. The first-order valence-corrected chi connectivity index (χ1v) is 8.75. The number of benzene rings is 1. The molecule has 1 amide bonds. The maximum absolute atomic E-state index is 14.0. The summed E-state index contributed by atoms with van der Waals surface area (Å²) in [6, 6.07) is 6.55. The van der Waals surface area contributed by atoms with Crippen LogP contribution in [0.25, 0.3) is 0 Å². The van der Waals surface area contributed by atoms with Gasteiger partial charge in [-0.1, -0.05) is 6.07 Å². The second kappa shape index (κ2) is 9.73. The Labute approximate surface area is 153 Å². The van der Waals surface area contributed by atoms with Crippen LogP contribution in [0.15, 0.2) is 23.2 Å². The SMILES string of the molecule is CCNC(=NCc1ccc(C#N)cc1F)NC1CCN(CC(N)=O)CC1. The van der Waals surface area contributed by atoms with Gasteiger partial charge in [0.15, 0.2) is 5.96 Å². The number of guanidine groups is 1. The Kier molecular flexibility index (Phi) is 7.36. The van der Waals surface area contributed by atoms with Gasteiger partial charge in [0.2, 0.25) is 5.91 Å². The van der Waals surface area contributed by atoms with E-state index in [1.807, 2.05) is 17.9 Å². The van der Waals surface area contributed by atoms with Crippen molar-refractivity contribution < 1.29 is 9.18 Å². The molecule has 0 saturated carbocycles. The van der Waals surface area contributed by atoms with E-state index in [9.17, 15) is 9.18 Å². The van der Waals surface area contributed by atoms with Crippen molar-refractivity contribution in [3.63, 3.8) is 0 Å². The highest BCUT2D eigenvalue weighted by Gasteiger charge is 2.20. The van der Waals surface area contributed by atoms with Crippen molar-refractivity contribution >= 4 is 11.9 Å². The molecule has 2 rings (SSSR count). The van der Waals surface area contributed by atoms with Crippen LogP contribution >= 0.6 is 0 Å². The number of halogens is 1. The number of carbonyl (C=O) groups is 1. The average Bonchev–Trinajstić information content (AvgIpc) is 2.61. The normalized spacial score (nSPS) is 16.1. The van der Waals surface area contributed by atoms with Crippen LogP contribution in [-0.2, 0) is 11.3 Å². The Hall–Kier alpha value is -2.66. The number of amides is 1. The predicted molar refractivity (Wildman–Crippen MR) is 97.7 cm³/mol. The number of piperidine rings is 1. The van der Waals surface area contributed by atoms with E-state index in [0.29, 0.717) is 30.2 Å². The highest BCUT2D eigenvalue weighted by molar-refractivity contribution is 5.80. The summed E-state index contributed by atoms with van der Waals surface area (Å²) in [5, 5.41) is 15.3. The molecule has 0 aromatic heterocycles. The lowest BCUT2D eigenvalue weighted by Crippen LogP contribution is -2.49. The molecule has 7 nitrogen and oxygen atoms in total. The number of carbonyl (C=O) groups excluding carboxylic acids is 1. The summed E-state index contributed by atoms with van der Waals surface area (Å²) < 4.78 is 14.0. The molecule has 0 atom stereocenters. The Bertz CT molecular complexity index is 691. The number of nitrogens with zero attached hydrogens (tertiary/aromatic N) is 3. The molecular weight excluding hydrogens is 335 g/mol. The lowest BCUT2D eigenvalue weighted by Gasteiger charge is -2.32. The van der Waals surface area contributed by atoms with Crippen LogP contribution in [-0.4, -0.2) is 49.0 Å². The van der Waals surface area contributed by atoms with Crippen LogP contribution in [0.2, 0.25) is 0 Å². The van der Waals surface area contributed by atoms with Crippen molar-refractivity contribution in [1.29, 1.82) is 5.26 Å².